The summed E-state index contributed by atoms with van der Waals surface area (Å²) in [5.41, 5.74) is 0. The molecule has 0 saturated heterocycles. The zero-order chi connectivity index (χ0) is 11.6. The van der Waals surface area contributed by atoms with E-state index in [0.717, 1.165) is 0 Å². The maximum Gasteiger partial charge on any atom is 0.431 e. The molecule has 0 aliphatic rings. The van der Waals surface area contributed by atoms with Gasteiger partial charge in [-0.1, -0.05) is 27.4 Å². The zero-order valence-electron chi connectivity index (χ0n) is 7.77. The van der Waals surface area contributed by atoms with Crippen LogP contribution in [0.4, 0.5) is 0 Å². The lowest BCUT2D eigenvalue weighted by Crippen LogP contribution is -2.20. The van der Waals surface area contributed by atoms with Crippen LogP contribution in [-0.2, 0) is 10.3 Å². The monoisotopic (exact) mass is 258 g/mol. The van der Waals surface area contributed by atoms with E-state index in [9.17, 15) is 8.42 Å². The van der Waals surface area contributed by atoms with Crippen molar-refractivity contribution in [2.75, 3.05) is 0 Å². The maximum atomic E-state index is 11.6. The van der Waals surface area contributed by atoms with Crippen LogP contribution in [0.15, 0.2) is 30.3 Å². The summed E-state index contributed by atoms with van der Waals surface area (Å²) in [5.74, 6) is 0.180. The number of hydrogen-bond donors (Lipinski definition) is 1. The van der Waals surface area contributed by atoms with Gasteiger partial charge in [-0.25, -0.2) is 0 Å². The van der Waals surface area contributed by atoms with Gasteiger partial charge in [0.1, 0.15) is 5.75 Å². The fourth-order valence-electron chi connectivity index (χ4n) is 0.970. The van der Waals surface area contributed by atoms with E-state index in [1.807, 2.05) is 0 Å². The maximum absolute atomic E-state index is 11.6. The topological polar surface area (TPSA) is 89.9 Å². The molecule has 7 nitrogen and oxygen atoms in total. The van der Waals surface area contributed by atoms with Gasteiger partial charge in [-0.15, -0.1) is 0 Å². The SMILES string of the molecule is O=S(=O)(Oc1ccccc1)n1[nH]nnc1=S. The average Bonchev–Trinajstić information content (AvgIpc) is 2.66. The van der Waals surface area contributed by atoms with Crippen LogP contribution in [0.5, 0.6) is 5.75 Å². The Bertz CT molecular complexity index is 631. The summed E-state index contributed by atoms with van der Waals surface area (Å²) in [5, 5.41) is 8.70. The molecule has 0 aliphatic heterocycles. The lowest BCUT2D eigenvalue weighted by Gasteiger charge is -2.04. The Kier molecular flexibility index (Phi) is 2.71. The molecule has 16 heavy (non-hydrogen) atoms. The summed E-state index contributed by atoms with van der Waals surface area (Å²) in [6.07, 6.45) is 0. The van der Waals surface area contributed by atoms with Crippen LogP contribution in [0.1, 0.15) is 0 Å². The molecule has 9 heteroatoms. The summed E-state index contributed by atoms with van der Waals surface area (Å²) in [4.78, 5) is 0. The van der Waals surface area contributed by atoms with Crippen molar-refractivity contribution in [1.82, 2.24) is 19.6 Å². The molecule has 0 aliphatic carbocycles. The minimum atomic E-state index is -4.07. The van der Waals surface area contributed by atoms with E-state index in [-0.39, 0.29) is 10.5 Å². The molecule has 0 amide bonds. The van der Waals surface area contributed by atoms with Crippen molar-refractivity contribution >= 4 is 22.5 Å². The quantitative estimate of drug-likeness (QED) is 0.807. The van der Waals surface area contributed by atoms with Gasteiger partial charge in [0.2, 0.25) is 0 Å². The largest absolute Gasteiger partial charge is 0.431 e. The molecule has 0 atom stereocenters. The van der Waals surface area contributed by atoms with Crippen molar-refractivity contribution in [1.29, 1.82) is 0 Å². The molecule has 0 spiro atoms. The average molecular weight is 258 g/mol. The van der Waals surface area contributed by atoms with Gasteiger partial charge in [0.05, 0.1) is 0 Å². The molecule has 1 aromatic heterocycles. The fraction of sp³-hybridized carbons (Fsp3) is 0. The van der Waals surface area contributed by atoms with Crippen LogP contribution >= 0.6 is 12.2 Å². The third-order valence-electron chi connectivity index (χ3n) is 1.61. The predicted octanol–water partition coefficient (Wildman–Crippen LogP) is 0.508. The zero-order valence-corrected chi connectivity index (χ0v) is 9.40. The Labute approximate surface area is 95.9 Å². The van der Waals surface area contributed by atoms with Gasteiger partial charge >= 0.3 is 10.3 Å². The highest BCUT2D eigenvalue weighted by atomic mass is 32.2. The summed E-state index contributed by atoms with van der Waals surface area (Å²) < 4.78 is 28.4. The lowest BCUT2D eigenvalue weighted by atomic mass is 10.3. The Morgan fingerprint density at radius 1 is 1.31 bits per heavy atom. The standard InChI is InChI=1S/C7H6N4O3S2/c12-16(13,11-7(15)8-9-10-11)14-6-4-2-1-3-5-6/h1-5H,(H,8,10,15). The number of benzene rings is 1. The van der Waals surface area contributed by atoms with Gasteiger partial charge < -0.3 is 4.18 Å². The van der Waals surface area contributed by atoms with Crippen LogP contribution in [-0.4, -0.2) is 28.0 Å². The molecule has 2 rings (SSSR count). The smallest absolute Gasteiger partial charge is 0.365 e. The molecule has 1 N–H and O–H groups in total. The first-order valence-corrected chi connectivity index (χ1v) is 5.87. The van der Waals surface area contributed by atoms with E-state index in [1.165, 1.54) is 12.1 Å². The van der Waals surface area contributed by atoms with Gasteiger partial charge in [-0.3, -0.25) is 0 Å². The van der Waals surface area contributed by atoms with Crippen LogP contribution in [0.3, 0.4) is 0 Å². The van der Waals surface area contributed by atoms with Gasteiger partial charge in [0.25, 0.3) is 4.77 Å². The van der Waals surface area contributed by atoms with Gasteiger partial charge in [0.15, 0.2) is 0 Å². The molecule has 1 aromatic carbocycles. The summed E-state index contributed by atoms with van der Waals surface area (Å²) >= 11 is 4.65. The second kappa shape index (κ2) is 4.02. The Morgan fingerprint density at radius 2 is 2.00 bits per heavy atom. The third kappa shape index (κ3) is 2.09. The number of H-pyrrole nitrogens is 1. The number of tetrazole rings is 1. The van der Waals surface area contributed by atoms with Crippen LogP contribution < -0.4 is 4.18 Å². The van der Waals surface area contributed by atoms with Crippen molar-refractivity contribution < 1.29 is 12.6 Å². The van der Waals surface area contributed by atoms with Gasteiger partial charge in [-0.05, 0) is 29.6 Å². The molecule has 0 saturated carbocycles. The van der Waals surface area contributed by atoms with Gasteiger partial charge in [-0.2, -0.15) is 13.6 Å². The van der Waals surface area contributed by atoms with Crippen molar-refractivity contribution in [3.05, 3.63) is 35.1 Å². The fourth-order valence-corrected chi connectivity index (χ4v) is 2.12. The Balaban J connectivity index is 2.36. The Hall–Kier alpha value is -1.74. The summed E-state index contributed by atoms with van der Waals surface area (Å²) in [7, 11) is -4.07. The summed E-state index contributed by atoms with van der Waals surface area (Å²) in [6, 6.07) is 8.05. The van der Waals surface area contributed by atoms with E-state index < -0.39 is 10.3 Å². The normalized spacial score (nSPS) is 11.2. The molecule has 84 valence electrons. The number of para-hydroxylation sites is 1. The van der Waals surface area contributed by atoms with E-state index in [2.05, 4.69) is 27.7 Å². The predicted molar refractivity (Wildman–Crippen MR) is 56.6 cm³/mol. The van der Waals surface area contributed by atoms with Crippen molar-refractivity contribution in [2.45, 2.75) is 0 Å². The highest BCUT2D eigenvalue weighted by Gasteiger charge is 2.17. The number of nitrogens with one attached hydrogen (secondary N) is 1. The van der Waals surface area contributed by atoms with E-state index in [1.54, 1.807) is 18.2 Å². The molecule has 0 fully saturated rings. The highest BCUT2D eigenvalue weighted by Crippen LogP contribution is 2.12. The van der Waals surface area contributed by atoms with Crippen LogP contribution in [0.2, 0.25) is 0 Å². The first kappa shape index (κ1) is 10.8. The van der Waals surface area contributed by atoms with E-state index in [0.29, 0.717) is 4.09 Å². The van der Waals surface area contributed by atoms with Crippen LogP contribution in [0, 0.1) is 4.77 Å². The first-order chi connectivity index (χ1) is 7.59. The number of aromatic nitrogens is 4. The van der Waals surface area contributed by atoms with E-state index in [4.69, 9.17) is 4.18 Å². The van der Waals surface area contributed by atoms with Crippen LogP contribution in [0.25, 0.3) is 0 Å². The Morgan fingerprint density at radius 3 is 2.56 bits per heavy atom. The molecule has 0 radical (unpaired) electrons. The first-order valence-electron chi connectivity index (χ1n) is 4.10. The molecular weight excluding hydrogens is 252 g/mol. The summed E-state index contributed by atoms with van der Waals surface area (Å²) in [6.45, 7) is 0. The number of hydrogen-bond acceptors (Lipinski definition) is 6. The second-order valence-corrected chi connectivity index (χ2v) is 4.45. The molecule has 2 aromatic rings. The van der Waals surface area contributed by atoms with Gasteiger partial charge in [0, 0.05) is 0 Å². The highest BCUT2D eigenvalue weighted by molar-refractivity contribution is 7.85. The third-order valence-corrected chi connectivity index (χ3v) is 3.10. The number of aromatic amines is 1. The van der Waals surface area contributed by atoms with Crippen molar-refractivity contribution in [3.63, 3.8) is 0 Å². The lowest BCUT2D eigenvalue weighted by molar-refractivity contribution is 0.466. The van der Waals surface area contributed by atoms with Crippen molar-refractivity contribution in [2.24, 2.45) is 0 Å². The second-order valence-electron chi connectivity index (χ2n) is 2.70. The van der Waals surface area contributed by atoms with Crippen molar-refractivity contribution in [3.8, 4) is 5.75 Å². The molecular formula is C7H6N4O3S2. The molecule has 0 bridgehead atoms. The van der Waals surface area contributed by atoms with E-state index >= 15 is 0 Å². The molecule has 1 heterocycles. The minimum Gasteiger partial charge on any atom is -0.365 e. The minimum absolute atomic E-state index is 0.180. The number of nitrogens with zero attached hydrogens (tertiary/aromatic N) is 3. The molecule has 0 unspecified atom stereocenters. The number of rotatable bonds is 3.